The zero-order valence-corrected chi connectivity index (χ0v) is 19.9. The second-order valence-corrected chi connectivity index (χ2v) is 8.82. The summed E-state index contributed by atoms with van der Waals surface area (Å²) in [5, 5.41) is 0. The first-order valence-electron chi connectivity index (χ1n) is 11.2. The number of rotatable bonds is 12. The van der Waals surface area contributed by atoms with Crippen LogP contribution in [-0.2, 0) is 19.6 Å². The third-order valence-electron chi connectivity index (χ3n) is 7.14. The second-order valence-electron chi connectivity index (χ2n) is 8.82. The Morgan fingerprint density at radius 2 is 1.07 bits per heavy atom. The van der Waals surface area contributed by atoms with Crippen molar-refractivity contribution >= 4 is 0 Å². The molecular formula is C24H47N3+2. The predicted octanol–water partition coefficient (Wildman–Crippen LogP) is 4.81. The maximum absolute atomic E-state index is 2.53. The molecule has 0 aliphatic carbocycles. The minimum atomic E-state index is 1.07. The lowest BCUT2D eigenvalue weighted by atomic mass is 9.96. The Morgan fingerprint density at radius 3 is 1.37 bits per heavy atom. The van der Waals surface area contributed by atoms with Crippen LogP contribution >= 0.6 is 0 Å². The van der Waals surface area contributed by atoms with Gasteiger partial charge in [-0.2, -0.15) is 0 Å². The number of hydrogen-bond acceptors (Lipinski definition) is 1. The van der Waals surface area contributed by atoms with Crippen LogP contribution in [0.15, 0.2) is 12.1 Å². The van der Waals surface area contributed by atoms with E-state index < -0.39 is 0 Å². The van der Waals surface area contributed by atoms with Gasteiger partial charge >= 0.3 is 0 Å². The molecule has 0 saturated heterocycles. The van der Waals surface area contributed by atoms with Crippen LogP contribution in [0.4, 0.5) is 0 Å². The molecule has 0 saturated carbocycles. The predicted molar refractivity (Wildman–Crippen MR) is 120 cm³/mol. The Bertz CT molecular complexity index is 526. The highest BCUT2D eigenvalue weighted by Crippen LogP contribution is 2.25. The van der Waals surface area contributed by atoms with Crippen molar-refractivity contribution in [1.82, 2.24) is 4.90 Å². The molecule has 0 aliphatic heterocycles. The highest BCUT2D eigenvalue weighted by molar-refractivity contribution is 5.38. The molecule has 1 aromatic rings. The standard InChI is InChI=1S/C24H47N3/c1-10-25(11-2)18-22-16-23(19-26(8,12-3)13-4)21(7)24(17-22)20-27(9,14-5)15-6/h16-17H,10-15,18-20H2,1-9H3/q+2. The Kier molecular flexibility index (Phi) is 9.47. The van der Waals surface area contributed by atoms with Crippen LogP contribution in [0.1, 0.15) is 63.8 Å². The van der Waals surface area contributed by atoms with E-state index in [4.69, 9.17) is 0 Å². The summed E-state index contributed by atoms with van der Waals surface area (Å²) in [6.45, 7) is 26.5. The lowest BCUT2D eigenvalue weighted by Gasteiger charge is -2.35. The van der Waals surface area contributed by atoms with Crippen molar-refractivity contribution in [3.8, 4) is 0 Å². The molecule has 1 rings (SSSR count). The van der Waals surface area contributed by atoms with Crippen molar-refractivity contribution in [3.63, 3.8) is 0 Å². The fraction of sp³-hybridized carbons (Fsp3) is 0.750. The van der Waals surface area contributed by atoms with Gasteiger partial charge in [0.05, 0.1) is 40.3 Å². The third-order valence-corrected chi connectivity index (χ3v) is 7.14. The average Bonchev–Trinajstić information content (AvgIpc) is 2.69. The van der Waals surface area contributed by atoms with Crippen molar-refractivity contribution in [2.45, 2.75) is 68.1 Å². The molecule has 0 fully saturated rings. The van der Waals surface area contributed by atoms with Gasteiger partial charge in [0.15, 0.2) is 0 Å². The van der Waals surface area contributed by atoms with Gasteiger partial charge in [-0.15, -0.1) is 0 Å². The fourth-order valence-electron chi connectivity index (χ4n) is 3.75. The summed E-state index contributed by atoms with van der Waals surface area (Å²) in [5.41, 5.74) is 6.13. The highest BCUT2D eigenvalue weighted by Gasteiger charge is 2.24. The van der Waals surface area contributed by atoms with Gasteiger partial charge < -0.3 is 8.97 Å². The van der Waals surface area contributed by atoms with E-state index in [1.807, 2.05) is 0 Å². The number of nitrogens with zero attached hydrogens (tertiary/aromatic N) is 3. The number of benzene rings is 1. The number of hydrogen-bond donors (Lipinski definition) is 0. The summed E-state index contributed by atoms with van der Waals surface area (Å²) in [6, 6.07) is 5.00. The van der Waals surface area contributed by atoms with Crippen LogP contribution in [0, 0.1) is 6.92 Å². The zero-order chi connectivity index (χ0) is 20.7. The highest BCUT2D eigenvalue weighted by atomic mass is 15.3. The van der Waals surface area contributed by atoms with Gasteiger partial charge in [-0.1, -0.05) is 13.8 Å². The topological polar surface area (TPSA) is 3.24 Å². The van der Waals surface area contributed by atoms with E-state index in [0.29, 0.717) is 0 Å². The molecule has 0 N–H and O–H groups in total. The second kappa shape index (κ2) is 10.6. The summed E-state index contributed by atoms with van der Waals surface area (Å²) < 4.78 is 2.23. The molecule has 1 aromatic carbocycles. The average molecular weight is 378 g/mol. The molecule has 0 atom stereocenters. The lowest BCUT2D eigenvalue weighted by molar-refractivity contribution is -0.920. The molecule has 0 unspecified atom stereocenters. The van der Waals surface area contributed by atoms with E-state index in [0.717, 1.165) is 41.7 Å². The summed E-state index contributed by atoms with van der Waals surface area (Å²) in [6.07, 6.45) is 0. The molecule has 3 nitrogen and oxygen atoms in total. The van der Waals surface area contributed by atoms with Gasteiger partial charge in [0.2, 0.25) is 0 Å². The monoisotopic (exact) mass is 377 g/mol. The van der Waals surface area contributed by atoms with Crippen LogP contribution in [0.2, 0.25) is 0 Å². The van der Waals surface area contributed by atoms with Crippen molar-refractivity contribution in [1.29, 1.82) is 0 Å². The van der Waals surface area contributed by atoms with E-state index in [1.165, 1.54) is 37.3 Å². The van der Waals surface area contributed by atoms with Gasteiger partial charge in [-0.05, 0) is 71.0 Å². The molecule has 156 valence electrons. The molecule has 0 heterocycles. The largest absolute Gasteiger partial charge is 0.323 e. The summed E-state index contributed by atoms with van der Waals surface area (Å²) in [4.78, 5) is 2.53. The molecule has 3 heteroatoms. The third kappa shape index (κ3) is 6.58. The number of quaternary nitrogens is 2. The Hall–Kier alpha value is -0.900. The SMILES string of the molecule is CCN(CC)Cc1cc(C[N+](C)(CC)CC)c(C)c(C[N+](C)(CC)CC)c1. The molecule has 0 aromatic heterocycles. The molecule has 0 spiro atoms. The van der Waals surface area contributed by atoms with Gasteiger partial charge in [0.25, 0.3) is 0 Å². The first kappa shape index (κ1) is 24.1. The maximum Gasteiger partial charge on any atom is 0.104 e. The van der Waals surface area contributed by atoms with Gasteiger partial charge in [-0.3, -0.25) is 4.90 Å². The molecule has 0 bridgehead atoms. The van der Waals surface area contributed by atoms with Crippen LogP contribution < -0.4 is 0 Å². The zero-order valence-electron chi connectivity index (χ0n) is 19.9. The van der Waals surface area contributed by atoms with Crippen molar-refractivity contribution in [2.24, 2.45) is 0 Å². The summed E-state index contributed by atoms with van der Waals surface area (Å²) >= 11 is 0. The van der Waals surface area contributed by atoms with Crippen molar-refractivity contribution < 1.29 is 8.97 Å². The normalized spacial score (nSPS) is 12.8. The Morgan fingerprint density at radius 1 is 0.704 bits per heavy atom. The minimum absolute atomic E-state index is 1.07. The van der Waals surface area contributed by atoms with Gasteiger partial charge in [0.1, 0.15) is 13.1 Å². The van der Waals surface area contributed by atoms with Crippen LogP contribution in [0.3, 0.4) is 0 Å². The van der Waals surface area contributed by atoms with Crippen LogP contribution in [-0.4, -0.2) is 67.2 Å². The van der Waals surface area contributed by atoms with E-state index in [1.54, 1.807) is 11.1 Å². The smallest absolute Gasteiger partial charge is 0.104 e. The lowest BCUT2D eigenvalue weighted by Crippen LogP contribution is -2.44. The first-order valence-corrected chi connectivity index (χ1v) is 11.2. The molecule has 0 radical (unpaired) electrons. The molecule has 0 aliphatic rings. The molecule has 27 heavy (non-hydrogen) atoms. The van der Waals surface area contributed by atoms with E-state index in [-0.39, 0.29) is 0 Å². The van der Waals surface area contributed by atoms with Crippen LogP contribution in [0.25, 0.3) is 0 Å². The van der Waals surface area contributed by atoms with Crippen molar-refractivity contribution in [3.05, 3.63) is 34.4 Å². The van der Waals surface area contributed by atoms with E-state index in [9.17, 15) is 0 Å². The quantitative estimate of drug-likeness (QED) is 0.473. The Labute approximate surface area is 170 Å². The first-order chi connectivity index (χ1) is 12.7. The summed E-state index contributed by atoms with van der Waals surface area (Å²) in [5.74, 6) is 0. The van der Waals surface area contributed by atoms with Gasteiger partial charge in [0, 0.05) is 17.7 Å². The van der Waals surface area contributed by atoms with E-state index >= 15 is 0 Å². The van der Waals surface area contributed by atoms with Gasteiger partial charge in [-0.25, -0.2) is 0 Å². The van der Waals surface area contributed by atoms with Crippen LogP contribution in [0.5, 0.6) is 0 Å². The minimum Gasteiger partial charge on any atom is -0.323 e. The molecular weight excluding hydrogens is 330 g/mol. The fourth-order valence-corrected chi connectivity index (χ4v) is 3.75. The van der Waals surface area contributed by atoms with Crippen molar-refractivity contribution in [2.75, 3.05) is 53.4 Å². The Balaban J connectivity index is 3.36. The molecule has 0 amide bonds. The summed E-state index contributed by atoms with van der Waals surface area (Å²) in [7, 11) is 4.79. The maximum atomic E-state index is 2.53. The van der Waals surface area contributed by atoms with E-state index in [2.05, 4.69) is 79.6 Å².